The maximum atomic E-state index is 12.3. The average Bonchev–Trinajstić information content (AvgIpc) is 3.20. The van der Waals surface area contributed by atoms with Crippen LogP contribution in [-0.4, -0.2) is 24.4 Å². The van der Waals surface area contributed by atoms with Crippen molar-refractivity contribution >= 4 is 17.5 Å². The molecule has 0 atom stereocenters. The Morgan fingerprint density at radius 1 is 1.24 bits per heavy atom. The van der Waals surface area contributed by atoms with Gasteiger partial charge in [-0.2, -0.15) is 0 Å². The van der Waals surface area contributed by atoms with E-state index in [4.69, 9.17) is 5.73 Å². The molecule has 1 aliphatic carbocycles. The van der Waals surface area contributed by atoms with E-state index < -0.39 is 5.41 Å². The van der Waals surface area contributed by atoms with Crippen molar-refractivity contribution in [3.8, 4) is 0 Å². The lowest BCUT2D eigenvalue weighted by Crippen LogP contribution is -2.38. The van der Waals surface area contributed by atoms with Gasteiger partial charge in [0, 0.05) is 24.7 Å². The number of nitrogen functional groups attached to an aromatic ring is 1. The first-order valence-electron chi connectivity index (χ1n) is 7.38. The molecule has 1 aromatic rings. The van der Waals surface area contributed by atoms with E-state index in [1.807, 2.05) is 38.1 Å². The van der Waals surface area contributed by atoms with Gasteiger partial charge in [0.2, 0.25) is 11.8 Å². The van der Waals surface area contributed by atoms with Gasteiger partial charge >= 0.3 is 0 Å². The summed E-state index contributed by atoms with van der Waals surface area (Å²) in [5.41, 5.74) is 6.96. The van der Waals surface area contributed by atoms with Gasteiger partial charge < -0.3 is 16.4 Å². The first-order chi connectivity index (χ1) is 9.94. The van der Waals surface area contributed by atoms with E-state index in [0.29, 0.717) is 18.7 Å². The Kier molecular flexibility index (Phi) is 4.50. The predicted molar refractivity (Wildman–Crippen MR) is 82.7 cm³/mol. The molecule has 1 aliphatic rings. The number of nitrogens with one attached hydrogen (secondary N) is 2. The summed E-state index contributed by atoms with van der Waals surface area (Å²) in [6.07, 6.45) is 2.00. The zero-order valence-corrected chi connectivity index (χ0v) is 12.6. The second-order valence-corrected chi connectivity index (χ2v) is 5.93. The molecular formula is C16H23N3O2. The smallest absolute Gasteiger partial charge is 0.230 e. The van der Waals surface area contributed by atoms with Crippen molar-refractivity contribution in [2.24, 2.45) is 0 Å². The Morgan fingerprint density at radius 3 is 2.38 bits per heavy atom. The minimum atomic E-state index is -0.414. The fourth-order valence-electron chi connectivity index (χ4n) is 2.43. The Balaban J connectivity index is 1.86. The molecule has 114 valence electrons. The molecular weight excluding hydrogens is 266 g/mol. The number of hydrogen-bond donors (Lipinski definition) is 3. The number of rotatable bonds is 6. The molecule has 0 saturated heterocycles. The first-order valence-corrected chi connectivity index (χ1v) is 7.38. The van der Waals surface area contributed by atoms with Gasteiger partial charge in [-0.1, -0.05) is 12.1 Å². The minimum absolute atomic E-state index is 0.00428. The first kappa shape index (κ1) is 15.4. The number of amides is 2. The van der Waals surface area contributed by atoms with Crippen LogP contribution >= 0.6 is 0 Å². The van der Waals surface area contributed by atoms with E-state index >= 15 is 0 Å². The number of anilines is 1. The van der Waals surface area contributed by atoms with Crippen LogP contribution in [-0.2, 0) is 15.0 Å². The monoisotopic (exact) mass is 289 g/mol. The molecule has 2 rings (SSSR count). The highest BCUT2D eigenvalue weighted by atomic mass is 16.2. The Bertz CT molecular complexity index is 519. The van der Waals surface area contributed by atoms with Crippen molar-refractivity contribution < 1.29 is 9.59 Å². The number of carbonyl (C=O) groups excluding carboxylic acids is 2. The van der Waals surface area contributed by atoms with Crippen LogP contribution < -0.4 is 16.4 Å². The lowest BCUT2D eigenvalue weighted by Gasteiger charge is -2.16. The van der Waals surface area contributed by atoms with Crippen LogP contribution in [0.2, 0.25) is 0 Å². The maximum absolute atomic E-state index is 12.3. The summed E-state index contributed by atoms with van der Waals surface area (Å²) in [6, 6.07) is 7.58. The van der Waals surface area contributed by atoms with Crippen LogP contribution in [0.15, 0.2) is 24.3 Å². The summed E-state index contributed by atoms with van der Waals surface area (Å²) in [4.78, 5) is 23.9. The maximum Gasteiger partial charge on any atom is 0.230 e. The van der Waals surface area contributed by atoms with Gasteiger partial charge in [0.1, 0.15) is 0 Å². The number of benzene rings is 1. The zero-order valence-electron chi connectivity index (χ0n) is 12.6. The summed E-state index contributed by atoms with van der Waals surface area (Å²) in [6.45, 7) is 4.20. The largest absolute Gasteiger partial charge is 0.399 e. The molecule has 0 aromatic heterocycles. The van der Waals surface area contributed by atoms with E-state index in [9.17, 15) is 9.59 Å². The van der Waals surface area contributed by atoms with E-state index in [-0.39, 0.29) is 17.9 Å². The lowest BCUT2D eigenvalue weighted by atomic mass is 9.95. The van der Waals surface area contributed by atoms with E-state index in [1.165, 1.54) is 0 Å². The average molecular weight is 289 g/mol. The van der Waals surface area contributed by atoms with E-state index in [0.717, 1.165) is 18.4 Å². The van der Waals surface area contributed by atoms with Gasteiger partial charge in [0.05, 0.1) is 5.41 Å². The highest BCUT2D eigenvalue weighted by Gasteiger charge is 2.50. The topological polar surface area (TPSA) is 84.2 Å². The van der Waals surface area contributed by atoms with Gasteiger partial charge in [-0.15, -0.1) is 0 Å². The molecule has 21 heavy (non-hydrogen) atoms. The van der Waals surface area contributed by atoms with Crippen LogP contribution in [0.25, 0.3) is 0 Å². The lowest BCUT2D eigenvalue weighted by molar-refractivity contribution is -0.124. The molecule has 0 heterocycles. The van der Waals surface area contributed by atoms with Gasteiger partial charge in [0.25, 0.3) is 0 Å². The standard InChI is InChI=1S/C16H23N3O2/c1-11(2)19-14(20)7-10-18-15(21)16(8-9-16)12-3-5-13(17)6-4-12/h3-6,11H,7-10,17H2,1-2H3,(H,18,21)(H,19,20). The minimum Gasteiger partial charge on any atom is -0.399 e. The van der Waals surface area contributed by atoms with Gasteiger partial charge in [0.15, 0.2) is 0 Å². The van der Waals surface area contributed by atoms with Crippen LogP contribution in [0, 0.1) is 0 Å². The molecule has 5 nitrogen and oxygen atoms in total. The molecule has 0 radical (unpaired) electrons. The van der Waals surface area contributed by atoms with Crippen LogP contribution in [0.1, 0.15) is 38.7 Å². The van der Waals surface area contributed by atoms with Crippen molar-refractivity contribution in [2.45, 2.75) is 44.6 Å². The quantitative estimate of drug-likeness (QED) is 0.691. The third-order valence-corrected chi connectivity index (χ3v) is 3.74. The van der Waals surface area contributed by atoms with E-state index in [1.54, 1.807) is 0 Å². The molecule has 5 heteroatoms. The molecule has 1 aromatic carbocycles. The fourth-order valence-corrected chi connectivity index (χ4v) is 2.43. The van der Waals surface area contributed by atoms with Crippen molar-refractivity contribution in [3.63, 3.8) is 0 Å². The molecule has 0 bridgehead atoms. The summed E-state index contributed by atoms with van der Waals surface area (Å²) in [7, 11) is 0. The number of carbonyl (C=O) groups is 2. The summed E-state index contributed by atoms with van der Waals surface area (Å²) in [5, 5.41) is 5.68. The van der Waals surface area contributed by atoms with Gasteiger partial charge in [-0.25, -0.2) is 0 Å². The second-order valence-electron chi connectivity index (χ2n) is 5.93. The molecule has 1 fully saturated rings. The van der Waals surface area contributed by atoms with Crippen molar-refractivity contribution in [1.29, 1.82) is 0 Å². The van der Waals surface area contributed by atoms with Crippen molar-refractivity contribution in [3.05, 3.63) is 29.8 Å². The fraction of sp³-hybridized carbons (Fsp3) is 0.500. The van der Waals surface area contributed by atoms with Crippen LogP contribution in [0.5, 0.6) is 0 Å². The van der Waals surface area contributed by atoms with Gasteiger partial charge in [-0.3, -0.25) is 9.59 Å². The van der Waals surface area contributed by atoms with Crippen LogP contribution in [0.4, 0.5) is 5.69 Å². The third kappa shape index (κ3) is 3.74. The Hall–Kier alpha value is -2.04. The highest BCUT2D eigenvalue weighted by molar-refractivity contribution is 5.91. The van der Waals surface area contributed by atoms with Crippen molar-refractivity contribution in [1.82, 2.24) is 10.6 Å². The summed E-state index contributed by atoms with van der Waals surface area (Å²) in [5.74, 6) is -0.0350. The molecule has 0 aliphatic heterocycles. The normalized spacial score (nSPS) is 15.6. The van der Waals surface area contributed by atoms with Gasteiger partial charge in [-0.05, 0) is 44.4 Å². The highest BCUT2D eigenvalue weighted by Crippen LogP contribution is 2.48. The molecule has 4 N–H and O–H groups in total. The number of hydrogen-bond acceptors (Lipinski definition) is 3. The molecule has 0 unspecified atom stereocenters. The third-order valence-electron chi connectivity index (χ3n) is 3.74. The van der Waals surface area contributed by atoms with Crippen LogP contribution in [0.3, 0.4) is 0 Å². The Morgan fingerprint density at radius 2 is 1.86 bits per heavy atom. The zero-order chi connectivity index (χ0) is 15.5. The predicted octanol–water partition coefficient (Wildman–Crippen LogP) is 1.33. The Labute approximate surface area is 125 Å². The SMILES string of the molecule is CC(C)NC(=O)CCNC(=O)C1(c2ccc(N)cc2)CC1. The van der Waals surface area contributed by atoms with Crippen molar-refractivity contribution in [2.75, 3.05) is 12.3 Å². The molecule has 2 amide bonds. The summed E-state index contributed by atoms with van der Waals surface area (Å²) >= 11 is 0. The number of nitrogens with two attached hydrogens (primary N) is 1. The second kappa shape index (κ2) is 6.16. The van der Waals surface area contributed by atoms with E-state index in [2.05, 4.69) is 10.6 Å². The summed E-state index contributed by atoms with van der Waals surface area (Å²) < 4.78 is 0. The molecule has 0 spiro atoms. The molecule has 1 saturated carbocycles.